The third kappa shape index (κ3) is 6.17. The standard InChI is InChI=1S/C24H46N4O2/c1-29-17-22-4-3-13-28(22)16-18-5-9-21(10-6-18)27-24-25-14-20(15-26-24)19-7-11-23(30-2)12-8-19/h18-27H,3-17H2,1-2H3/t18?,19?,20?,21?,22-,23?,24?/m1/s1. The normalized spacial score (nSPS) is 41.2. The van der Waals surface area contributed by atoms with Crippen LogP contribution in [-0.2, 0) is 9.47 Å². The van der Waals surface area contributed by atoms with E-state index in [4.69, 9.17) is 9.47 Å². The lowest BCUT2D eigenvalue weighted by Gasteiger charge is -2.41. The molecule has 2 heterocycles. The lowest BCUT2D eigenvalue weighted by molar-refractivity contribution is 0.0413. The lowest BCUT2D eigenvalue weighted by Crippen LogP contribution is -2.63. The van der Waals surface area contributed by atoms with Crippen LogP contribution >= 0.6 is 0 Å². The molecule has 2 aliphatic carbocycles. The van der Waals surface area contributed by atoms with Crippen LogP contribution in [0.3, 0.4) is 0 Å². The van der Waals surface area contributed by atoms with Gasteiger partial charge in [-0.15, -0.1) is 0 Å². The first-order valence-corrected chi connectivity index (χ1v) is 12.7. The predicted octanol–water partition coefficient (Wildman–Crippen LogP) is 2.54. The van der Waals surface area contributed by atoms with E-state index in [0.717, 1.165) is 37.5 Å². The van der Waals surface area contributed by atoms with Crippen molar-refractivity contribution in [3.63, 3.8) is 0 Å². The molecule has 0 bridgehead atoms. The highest BCUT2D eigenvalue weighted by atomic mass is 16.5. The van der Waals surface area contributed by atoms with Gasteiger partial charge in [-0.3, -0.25) is 20.9 Å². The average Bonchev–Trinajstić information content (AvgIpc) is 3.23. The second-order valence-corrected chi connectivity index (χ2v) is 10.4. The highest BCUT2D eigenvalue weighted by Gasteiger charge is 2.32. The van der Waals surface area contributed by atoms with Gasteiger partial charge >= 0.3 is 0 Å². The van der Waals surface area contributed by atoms with Gasteiger partial charge in [-0.05, 0) is 88.5 Å². The summed E-state index contributed by atoms with van der Waals surface area (Å²) in [6, 6.07) is 1.33. The molecule has 3 N–H and O–H groups in total. The molecule has 0 aromatic rings. The molecule has 30 heavy (non-hydrogen) atoms. The Morgan fingerprint density at radius 2 is 1.60 bits per heavy atom. The van der Waals surface area contributed by atoms with Gasteiger partial charge in [-0.1, -0.05) is 0 Å². The van der Waals surface area contributed by atoms with Crippen molar-refractivity contribution in [1.82, 2.24) is 20.9 Å². The van der Waals surface area contributed by atoms with Crippen LogP contribution in [0.4, 0.5) is 0 Å². The monoisotopic (exact) mass is 422 g/mol. The Bertz CT molecular complexity index is 484. The van der Waals surface area contributed by atoms with Crippen molar-refractivity contribution in [3.05, 3.63) is 0 Å². The molecule has 4 fully saturated rings. The van der Waals surface area contributed by atoms with Crippen molar-refractivity contribution in [1.29, 1.82) is 0 Å². The second kappa shape index (κ2) is 11.6. The van der Waals surface area contributed by atoms with Crippen LogP contribution in [0.15, 0.2) is 0 Å². The Kier molecular flexibility index (Phi) is 8.85. The fourth-order valence-corrected chi connectivity index (χ4v) is 6.53. The molecule has 0 amide bonds. The maximum atomic E-state index is 5.54. The van der Waals surface area contributed by atoms with Gasteiger partial charge in [0.2, 0.25) is 0 Å². The summed E-state index contributed by atoms with van der Waals surface area (Å²) >= 11 is 0. The molecular formula is C24H46N4O2. The van der Waals surface area contributed by atoms with Crippen molar-refractivity contribution < 1.29 is 9.47 Å². The van der Waals surface area contributed by atoms with E-state index in [2.05, 4.69) is 20.9 Å². The van der Waals surface area contributed by atoms with Crippen molar-refractivity contribution >= 4 is 0 Å². The molecule has 1 atom stereocenters. The van der Waals surface area contributed by atoms with E-state index >= 15 is 0 Å². The van der Waals surface area contributed by atoms with Gasteiger partial charge < -0.3 is 9.47 Å². The number of rotatable bonds is 8. The van der Waals surface area contributed by atoms with Crippen LogP contribution in [0.1, 0.15) is 64.2 Å². The van der Waals surface area contributed by atoms with Gasteiger partial charge in [-0.2, -0.15) is 0 Å². The van der Waals surface area contributed by atoms with E-state index in [1.54, 1.807) is 0 Å². The molecule has 0 spiro atoms. The first kappa shape index (κ1) is 22.9. The van der Waals surface area contributed by atoms with E-state index in [0.29, 0.717) is 24.5 Å². The minimum absolute atomic E-state index is 0.294. The molecule has 2 aliphatic heterocycles. The van der Waals surface area contributed by atoms with Crippen LogP contribution in [0.25, 0.3) is 0 Å². The lowest BCUT2D eigenvalue weighted by atomic mass is 9.78. The summed E-state index contributed by atoms with van der Waals surface area (Å²) in [6.45, 7) is 5.77. The smallest absolute Gasteiger partial charge is 0.112 e. The molecule has 2 saturated carbocycles. The zero-order chi connectivity index (χ0) is 20.8. The molecule has 0 radical (unpaired) electrons. The molecule has 174 valence electrons. The van der Waals surface area contributed by atoms with Gasteiger partial charge in [0.15, 0.2) is 0 Å². The van der Waals surface area contributed by atoms with Crippen LogP contribution in [0.5, 0.6) is 0 Å². The van der Waals surface area contributed by atoms with Crippen molar-refractivity contribution in [3.8, 4) is 0 Å². The average molecular weight is 423 g/mol. The van der Waals surface area contributed by atoms with E-state index in [9.17, 15) is 0 Å². The highest BCUT2D eigenvalue weighted by molar-refractivity contribution is 4.88. The first-order valence-electron chi connectivity index (χ1n) is 12.7. The highest BCUT2D eigenvalue weighted by Crippen LogP contribution is 2.32. The minimum atomic E-state index is 0.294. The largest absolute Gasteiger partial charge is 0.383 e. The second-order valence-electron chi connectivity index (χ2n) is 10.4. The fourth-order valence-electron chi connectivity index (χ4n) is 6.53. The Morgan fingerprint density at radius 1 is 0.867 bits per heavy atom. The van der Waals surface area contributed by atoms with Gasteiger partial charge in [0.1, 0.15) is 6.29 Å². The number of nitrogens with zero attached hydrogens (tertiary/aromatic N) is 1. The number of nitrogens with one attached hydrogen (secondary N) is 3. The Morgan fingerprint density at radius 3 is 2.27 bits per heavy atom. The third-order valence-electron chi connectivity index (χ3n) is 8.49. The topological polar surface area (TPSA) is 57.8 Å². The molecule has 0 unspecified atom stereocenters. The quantitative estimate of drug-likeness (QED) is 0.559. The van der Waals surface area contributed by atoms with Crippen LogP contribution < -0.4 is 16.0 Å². The first-order chi connectivity index (χ1) is 14.7. The van der Waals surface area contributed by atoms with E-state index in [-0.39, 0.29) is 0 Å². The summed E-state index contributed by atoms with van der Waals surface area (Å²) < 4.78 is 11.0. The van der Waals surface area contributed by atoms with Crippen LogP contribution in [-0.4, -0.2) is 76.4 Å². The van der Waals surface area contributed by atoms with Crippen LogP contribution in [0.2, 0.25) is 0 Å². The van der Waals surface area contributed by atoms with Gasteiger partial charge in [-0.25, -0.2) is 0 Å². The summed E-state index contributed by atoms with van der Waals surface area (Å²) in [5, 5.41) is 11.4. The van der Waals surface area contributed by atoms with Gasteiger partial charge in [0, 0.05) is 45.9 Å². The number of methoxy groups -OCH3 is 2. The van der Waals surface area contributed by atoms with Gasteiger partial charge in [0.05, 0.1) is 12.7 Å². The third-order valence-corrected chi connectivity index (χ3v) is 8.49. The van der Waals surface area contributed by atoms with Crippen molar-refractivity contribution in [2.45, 2.75) is 88.7 Å². The summed E-state index contributed by atoms with van der Waals surface area (Å²) in [7, 11) is 3.71. The van der Waals surface area contributed by atoms with E-state index < -0.39 is 0 Å². The fraction of sp³-hybridized carbons (Fsp3) is 1.00. The minimum Gasteiger partial charge on any atom is -0.383 e. The summed E-state index contributed by atoms with van der Waals surface area (Å²) in [4.78, 5) is 2.70. The molecule has 2 saturated heterocycles. The zero-order valence-corrected chi connectivity index (χ0v) is 19.4. The van der Waals surface area contributed by atoms with Crippen molar-refractivity contribution in [2.24, 2.45) is 17.8 Å². The molecule has 4 rings (SSSR count). The SMILES string of the molecule is COC[C@H]1CCCN1CC1CCC(NC2NCC(C3CCC(OC)CC3)CN2)CC1. The Hall–Kier alpha value is -0.240. The van der Waals surface area contributed by atoms with Gasteiger partial charge in [0.25, 0.3) is 0 Å². The molecule has 4 aliphatic rings. The van der Waals surface area contributed by atoms with E-state index in [1.165, 1.54) is 77.3 Å². The molecular weight excluding hydrogens is 376 g/mol. The predicted molar refractivity (Wildman–Crippen MR) is 121 cm³/mol. The molecule has 0 aromatic heterocycles. The number of hydrogen-bond acceptors (Lipinski definition) is 6. The molecule has 6 heteroatoms. The van der Waals surface area contributed by atoms with E-state index in [1.807, 2.05) is 14.2 Å². The number of likely N-dealkylation sites (tertiary alicyclic amines) is 1. The molecule has 6 nitrogen and oxygen atoms in total. The number of ether oxygens (including phenoxy) is 2. The zero-order valence-electron chi connectivity index (χ0n) is 19.4. The Labute approximate surface area is 184 Å². The summed E-state index contributed by atoms with van der Waals surface area (Å²) in [6.07, 6.45) is 14.0. The summed E-state index contributed by atoms with van der Waals surface area (Å²) in [5.74, 6) is 2.51. The Balaban J connectivity index is 1.11. The maximum absolute atomic E-state index is 5.54. The van der Waals surface area contributed by atoms with Crippen molar-refractivity contribution in [2.75, 3.05) is 47.0 Å². The maximum Gasteiger partial charge on any atom is 0.112 e. The van der Waals surface area contributed by atoms with Crippen LogP contribution in [0, 0.1) is 17.8 Å². The summed E-state index contributed by atoms with van der Waals surface area (Å²) in [5.41, 5.74) is 0. The number of hydrogen-bond donors (Lipinski definition) is 3. The molecule has 0 aromatic carbocycles.